The molecule has 0 unspecified atom stereocenters. The van der Waals surface area contributed by atoms with E-state index in [1.54, 1.807) is 11.1 Å². The van der Waals surface area contributed by atoms with E-state index in [1.165, 1.54) is 62.5 Å². The van der Waals surface area contributed by atoms with Gasteiger partial charge >= 0.3 is 26.2 Å². The molecule has 114 valence electrons. The Balaban J connectivity index is 0.000000364. The molecule has 0 bridgehead atoms. The summed E-state index contributed by atoms with van der Waals surface area (Å²) in [6.07, 6.45) is 21.0. The summed E-state index contributed by atoms with van der Waals surface area (Å²) in [5.41, 5.74) is 5.93. The van der Waals surface area contributed by atoms with Crippen molar-refractivity contribution in [2.45, 2.75) is 79.1 Å². The Morgan fingerprint density at radius 2 is 1.19 bits per heavy atom. The van der Waals surface area contributed by atoms with E-state index < -0.39 is 0 Å². The Kier molecular flexibility index (Phi) is 12.3. The zero-order chi connectivity index (χ0) is 14.8. The van der Waals surface area contributed by atoms with Crippen LogP contribution in [0.4, 0.5) is 0 Å². The second-order valence-electron chi connectivity index (χ2n) is 6.02. The van der Waals surface area contributed by atoms with E-state index in [1.807, 2.05) is 0 Å². The summed E-state index contributed by atoms with van der Waals surface area (Å²) < 4.78 is 0. The van der Waals surface area contributed by atoms with Crippen LogP contribution in [0.2, 0.25) is 0 Å². The molecule has 1 heteroatoms. The molecule has 0 nitrogen and oxygen atoms in total. The zero-order valence-electron chi connectivity index (χ0n) is 14.3. The van der Waals surface area contributed by atoms with Crippen LogP contribution in [0.3, 0.4) is 0 Å². The van der Waals surface area contributed by atoms with Gasteiger partial charge in [-0.15, -0.1) is 0 Å². The molecule has 21 heavy (non-hydrogen) atoms. The van der Waals surface area contributed by atoms with Crippen molar-refractivity contribution in [3.8, 4) is 0 Å². The van der Waals surface area contributed by atoms with E-state index in [-0.39, 0.29) is 26.2 Å². The largest absolute Gasteiger partial charge is 2.00 e. The first kappa shape index (κ1) is 20.8. The van der Waals surface area contributed by atoms with E-state index in [0.717, 1.165) is 0 Å². The minimum atomic E-state index is 0. The molecule has 0 spiro atoms. The maximum Gasteiger partial charge on any atom is 2.00 e. The van der Waals surface area contributed by atoms with Crippen molar-refractivity contribution in [3.63, 3.8) is 0 Å². The molecule has 2 aliphatic carbocycles. The van der Waals surface area contributed by atoms with E-state index in [9.17, 15) is 0 Å². The van der Waals surface area contributed by atoms with Gasteiger partial charge in [-0.25, -0.2) is 23.3 Å². The summed E-state index contributed by atoms with van der Waals surface area (Å²) in [5.74, 6) is 0. The molecular weight excluding hydrogens is 331 g/mol. The van der Waals surface area contributed by atoms with Crippen LogP contribution in [0.5, 0.6) is 0 Å². The van der Waals surface area contributed by atoms with Gasteiger partial charge in [-0.2, -0.15) is 11.1 Å². The quantitative estimate of drug-likeness (QED) is 0.473. The molecule has 0 aromatic heterocycles. The Bertz CT molecular complexity index is 368. The fraction of sp³-hybridized carbons (Fsp3) is 0.600. The van der Waals surface area contributed by atoms with Crippen molar-refractivity contribution in [1.82, 2.24) is 0 Å². The van der Waals surface area contributed by atoms with Crippen LogP contribution < -0.4 is 0 Å². The van der Waals surface area contributed by atoms with Gasteiger partial charge in [-0.3, -0.25) is 12.2 Å². The molecule has 0 fully saturated rings. The molecule has 0 heterocycles. The number of allylic oxidation sites excluding steroid dienone is 8. The fourth-order valence-electron chi connectivity index (χ4n) is 2.46. The van der Waals surface area contributed by atoms with Crippen LogP contribution in [0.15, 0.2) is 34.4 Å². The molecule has 0 aliphatic heterocycles. The molecule has 2 aliphatic rings. The summed E-state index contributed by atoms with van der Waals surface area (Å²) in [5, 5.41) is 0. The number of unbranched alkanes of at least 4 members (excludes halogenated alkanes) is 2. The summed E-state index contributed by atoms with van der Waals surface area (Å²) >= 11 is 0. The summed E-state index contributed by atoms with van der Waals surface area (Å²) in [7, 11) is 0. The third-order valence-electron chi connectivity index (χ3n) is 3.73. The second kappa shape index (κ2) is 12.4. The molecule has 0 saturated heterocycles. The van der Waals surface area contributed by atoms with Crippen LogP contribution in [-0.2, 0) is 26.2 Å². The minimum Gasteiger partial charge on any atom is -0.253 e. The fourth-order valence-corrected chi connectivity index (χ4v) is 2.46. The molecule has 0 aromatic carbocycles. The van der Waals surface area contributed by atoms with E-state index in [0.29, 0.717) is 0 Å². The normalized spacial score (nSPS) is 16.2. The van der Waals surface area contributed by atoms with Crippen molar-refractivity contribution in [3.05, 3.63) is 46.6 Å². The van der Waals surface area contributed by atoms with Crippen LogP contribution in [0, 0.1) is 12.2 Å². The Hall–Kier alpha value is -0.157. The summed E-state index contributed by atoms with van der Waals surface area (Å²) in [6.45, 7) is 8.77. The SMILES string of the molecule is CCCCC1=C[C-]=C(C)C1.CCCCC1=C[C-]=C(C)C1.[Zr+2]. The van der Waals surface area contributed by atoms with Crippen molar-refractivity contribution in [1.29, 1.82) is 0 Å². The first-order valence-electron chi connectivity index (χ1n) is 8.19. The van der Waals surface area contributed by atoms with Crippen LogP contribution >= 0.6 is 0 Å². The van der Waals surface area contributed by atoms with Gasteiger partial charge in [0.25, 0.3) is 0 Å². The third kappa shape index (κ3) is 9.46. The number of hydrogen-bond acceptors (Lipinski definition) is 0. The van der Waals surface area contributed by atoms with Gasteiger partial charge in [0, 0.05) is 0 Å². The molecule has 0 amide bonds. The monoisotopic (exact) mass is 360 g/mol. The first-order valence-corrected chi connectivity index (χ1v) is 8.19. The van der Waals surface area contributed by atoms with Gasteiger partial charge in [0.2, 0.25) is 0 Å². The molecule has 0 atom stereocenters. The standard InChI is InChI=1S/2C10H15.Zr/c2*1-3-4-5-10-7-6-9(2)8-10;/h2*7H,3-5,8H2,1-2H3;/q2*-1;+2. The first-order chi connectivity index (χ1) is 9.65. The summed E-state index contributed by atoms with van der Waals surface area (Å²) in [4.78, 5) is 0. The zero-order valence-corrected chi connectivity index (χ0v) is 16.8. The molecule has 0 saturated carbocycles. The minimum absolute atomic E-state index is 0. The molecular formula is C20H30Zr. The molecule has 2 rings (SSSR count). The van der Waals surface area contributed by atoms with Gasteiger partial charge in [-0.05, 0) is 0 Å². The smallest absolute Gasteiger partial charge is 0.253 e. The van der Waals surface area contributed by atoms with Gasteiger partial charge in [0.1, 0.15) is 0 Å². The topological polar surface area (TPSA) is 0 Å². The maximum absolute atomic E-state index is 3.23. The van der Waals surface area contributed by atoms with Crippen LogP contribution in [0.25, 0.3) is 0 Å². The van der Waals surface area contributed by atoms with Gasteiger partial charge in [-0.1, -0.05) is 79.1 Å². The van der Waals surface area contributed by atoms with Crippen molar-refractivity contribution in [2.75, 3.05) is 0 Å². The van der Waals surface area contributed by atoms with E-state index >= 15 is 0 Å². The van der Waals surface area contributed by atoms with Gasteiger partial charge in [0.05, 0.1) is 0 Å². The van der Waals surface area contributed by atoms with Crippen LogP contribution in [-0.4, -0.2) is 0 Å². The third-order valence-corrected chi connectivity index (χ3v) is 3.73. The molecule has 0 aromatic rings. The Labute approximate surface area is 151 Å². The van der Waals surface area contributed by atoms with Gasteiger partial charge < -0.3 is 0 Å². The predicted molar refractivity (Wildman–Crippen MR) is 89.3 cm³/mol. The summed E-state index contributed by atoms with van der Waals surface area (Å²) in [6, 6.07) is 0. The van der Waals surface area contributed by atoms with Crippen molar-refractivity contribution in [2.24, 2.45) is 0 Å². The van der Waals surface area contributed by atoms with E-state index in [2.05, 4.69) is 52.0 Å². The Morgan fingerprint density at radius 3 is 1.43 bits per heavy atom. The average Bonchev–Trinajstić information content (AvgIpc) is 3.03. The molecule has 0 N–H and O–H groups in total. The second-order valence-corrected chi connectivity index (χ2v) is 6.02. The Morgan fingerprint density at radius 1 is 0.810 bits per heavy atom. The maximum atomic E-state index is 3.23. The van der Waals surface area contributed by atoms with Crippen LogP contribution in [0.1, 0.15) is 79.1 Å². The van der Waals surface area contributed by atoms with Gasteiger partial charge in [0.15, 0.2) is 0 Å². The average molecular weight is 362 g/mol. The predicted octanol–water partition coefficient (Wildman–Crippen LogP) is 6.51. The van der Waals surface area contributed by atoms with E-state index in [4.69, 9.17) is 0 Å². The van der Waals surface area contributed by atoms with Crippen molar-refractivity contribution >= 4 is 0 Å². The van der Waals surface area contributed by atoms with Crippen molar-refractivity contribution < 1.29 is 26.2 Å². The molecule has 0 radical (unpaired) electrons. The number of hydrogen-bond donors (Lipinski definition) is 0. The number of rotatable bonds is 6.